The van der Waals surface area contributed by atoms with Gasteiger partial charge in [0.1, 0.15) is 0 Å². The van der Waals surface area contributed by atoms with Crippen LogP contribution in [0.4, 0.5) is 5.69 Å². The van der Waals surface area contributed by atoms with E-state index in [9.17, 15) is 9.59 Å². The van der Waals surface area contributed by atoms with Crippen molar-refractivity contribution in [2.45, 2.75) is 6.92 Å². The molecule has 1 aliphatic carbocycles. The summed E-state index contributed by atoms with van der Waals surface area (Å²) in [7, 11) is 0. The van der Waals surface area contributed by atoms with Crippen molar-refractivity contribution >= 4 is 17.4 Å². The molecule has 3 aromatic carbocycles. The Hall–Kier alpha value is -3.99. The molecule has 0 saturated carbocycles. The molecule has 0 aliphatic heterocycles. The van der Waals surface area contributed by atoms with Gasteiger partial charge in [-0.05, 0) is 54.4 Å². The molecule has 5 nitrogen and oxygen atoms in total. The van der Waals surface area contributed by atoms with Crippen LogP contribution in [0.25, 0.3) is 16.8 Å². The Balaban J connectivity index is 1.43. The predicted molar refractivity (Wildman–Crippen MR) is 112 cm³/mol. The summed E-state index contributed by atoms with van der Waals surface area (Å²) in [5.41, 5.74) is 6.03. The molecule has 0 bridgehead atoms. The fraction of sp³-hybridized carbons (Fsp3) is 0.0417. The topological polar surface area (TPSA) is 64.0 Å². The highest BCUT2D eigenvalue weighted by atomic mass is 16.1. The summed E-state index contributed by atoms with van der Waals surface area (Å²) in [6.07, 6.45) is 1.74. The van der Waals surface area contributed by atoms with Crippen LogP contribution in [-0.4, -0.2) is 21.5 Å². The van der Waals surface area contributed by atoms with Crippen molar-refractivity contribution in [2.75, 3.05) is 5.32 Å². The Morgan fingerprint density at radius 2 is 1.66 bits per heavy atom. The van der Waals surface area contributed by atoms with Crippen molar-refractivity contribution < 1.29 is 9.59 Å². The Bertz CT molecular complexity index is 1290. The molecule has 5 rings (SSSR count). The van der Waals surface area contributed by atoms with E-state index in [4.69, 9.17) is 0 Å². The van der Waals surface area contributed by atoms with Crippen LogP contribution in [0, 0.1) is 6.92 Å². The number of ketones is 1. The van der Waals surface area contributed by atoms with Crippen LogP contribution in [-0.2, 0) is 0 Å². The van der Waals surface area contributed by atoms with E-state index in [1.54, 1.807) is 23.0 Å². The van der Waals surface area contributed by atoms with Crippen LogP contribution in [0.2, 0.25) is 0 Å². The average Bonchev–Trinajstić information content (AvgIpc) is 3.30. The molecule has 0 fully saturated rings. The second kappa shape index (κ2) is 6.56. The molecule has 1 aliphatic rings. The molecular formula is C24H17N3O2. The number of aromatic nitrogens is 2. The number of carbonyl (C=O) groups excluding carboxylic acids is 2. The quantitative estimate of drug-likeness (QED) is 0.496. The standard InChI is InChI=1S/C24H17N3O2/c1-15-11-12-25-27(15)18-6-4-5-17(14-18)26-24(29)16-9-10-20-19-7-2-3-8-21(19)23(28)22(20)13-16/h2-14H,1H3,(H,26,29). The monoisotopic (exact) mass is 379 g/mol. The lowest BCUT2D eigenvalue weighted by Gasteiger charge is -2.10. The molecule has 1 amide bonds. The molecule has 5 heteroatoms. The van der Waals surface area contributed by atoms with E-state index in [0.29, 0.717) is 22.4 Å². The molecule has 1 heterocycles. The van der Waals surface area contributed by atoms with Gasteiger partial charge in [-0.2, -0.15) is 5.10 Å². The lowest BCUT2D eigenvalue weighted by molar-refractivity contribution is 0.102. The van der Waals surface area contributed by atoms with Crippen LogP contribution in [0.15, 0.2) is 79.0 Å². The molecule has 0 unspecified atom stereocenters. The van der Waals surface area contributed by atoms with Crippen molar-refractivity contribution in [1.29, 1.82) is 0 Å². The van der Waals surface area contributed by atoms with Crippen LogP contribution >= 0.6 is 0 Å². The number of anilines is 1. The third-order valence-electron chi connectivity index (χ3n) is 5.17. The van der Waals surface area contributed by atoms with Gasteiger partial charge >= 0.3 is 0 Å². The van der Waals surface area contributed by atoms with Gasteiger partial charge < -0.3 is 5.32 Å². The van der Waals surface area contributed by atoms with Gasteiger partial charge in [0, 0.05) is 34.3 Å². The normalized spacial score (nSPS) is 11.8. The number of hydrogen-bond donors (Lipinski definition) is 1. The van der Waals surface area contributed by atoms with Gasteiger partial charge in [0.05, 0.1) is 5.69 Å². The maximum Gasteiger partial charge on any atom is 0.255 e. The lowest BCUT2D eigenvalue weighted by Crippen LogP contribution is -2.13. The van der Waals surface area contributed by atoms with Gasteiger partial charge in [0.25, 0.3) is 5.91 Å². The number of aryl methyl sites for hydroxylation is 1. The largest absolute Gasteiger partial charge is 0.322 e. The van der Waals surface area contributed by atoms with E-state index in [2.05, 4.69) is 10.4 Å². The molecule has 0 radical (unpaired) electrons. The predicted octanol–water partition coefficient (Wildman–Crippen LogP) is 4.64. The summed E-state index contributed by atoms with van der Waals surface area (Å²) in [6.45, 7) is 1.97. The third kappa shape index (κ3) is 2.84. The van der Waals surface area contributed by atoms with Gasteiger partial charge in [-0.15, -0.1) is 0 Å². The van der Waals surface area contributed by atoms with Crippen LogP contribution in [0.5, 0.6) is 0 Å². The summed E-state index contributed by atoms with van der Waals surface area (Å²) in [6, 6.07) is 22.2. The number of fused-ring (bicyclic) bond motifs is 3. The van der Waals surface area contributed by atoms with E-state index in [1.807, 2.05) is 67.6 Å². The second-order valence-corrected chi connectivity index (χ2v) is 7.02. The van der Waals surface area contributed by atoms with Crippen molar-refractivity contribution in [3.8, 4) is 16.8 Å². The van der Waals surface area contributed by atoms with Crippen LogP contribution in [0.3, 0.4) is 0 Å². The number of amides is 1. The number of rotatable bonds is 3. The maximum atomic E-state index is 12.8. The van der Waals surface area contributed by atoms with Gasteiger partial charge in [-0.1, -0.05) is 36.4 Å². The molecule has 140 valence electrons. The smallest absolute Gasteiger partial charge is 0.255 e. The van der Waals surface area contributed by atoms with E-state index in [0.717, 1.165) is 22.5 Å². The summed E-state index contributed by atoms with van der Waals surface area (Å²) in [5, 5.41) is 7.21. The molecule has 0 atom stereocenters. The lowest BCUT2D eigenvalue weighted by atomic mass is 10.0. The van der Waals surface area contributed by atoms with Crippen LogP contribution < -0.4 is 5.32 Å². The maximum absolute atomic E-state index is 12.8. The fourth-order valence-electron chi connectivity index (χ4n) is 3.73. The average molecular weight is 379 g/mol. The number of hydrogen-bond acceptors (Lipinski definition) is 3. The highest BCUT2D eigenvalue weighted by Crippen LogP contribution is 2.36. The first-order valence-electron chi connectivity index (χ1n) is 9.32. The number of carbonyl (C=O) groups is 2. The van der Waals surface area contributed by atoms with Crippen molar-refractivity contribution in [3.63, 3.8) is 0 Å². The Morgan fingerprint density at radius 1 is 0.862 bits per heavy atom. The van der Waals surface area contributed by atoms with E-state index in [-0.39, 0.29) is 11.7 Å². The minimum absolute atomic E-state index is 0.0404. The highest BCUT2D eigenvalue weighted by molar-refractivity contribution is 6.22. The molecule has 0 saturated heterocycles. The number of benzene rings is 3. The molecular weight excluding hydrogens is 362 g/mol. The third-order valence-corrected chi connectivity index (χ3v) is 5.17. The van der Waals surface area contributed by atoms with Crippen molar-refractivity contribution in [3.05, 3.63) is 101 Å². The highest BCUT2D eigenvalue weighted by Gasteiger charge is 2.27. The van der Waals surface area contributed by atoms with E-state index >= 15 is 0 Å². The Kier molecular flexibility index (Phi) is 3.88. The molecule has 0 spiro atoms. The summed E-state index contributed by atoms with van der Waals surface area (Å²) >= 11 is 0. The van der Waals surface area contributed by atoms with Gasteiger partial charge in [-0.3, -0.25) is 9.59 Å². The Labute approximate surface area is 167 Å². The Morgan fingerprint density at radius 3 is 2.45 bits per heavy atom. The molecule has 1 N–H and O–H groups in total. The zero-order chi connectivity index (χ0) is 20.0. The molecule has 1 aromatic heterocycles. The minimum atomic E-state index is -0.258. The first kappa shape index (κ1) is 17.1. The van der Waals surface area contributed by atoms with Gasteiger partial charge in [0.15, 0.2) is 5.78 Å². The summed E-state index contributed by atoms with van der Waals surface area (Å²) in [5.74, 6) is -0.299. The van der Waals surface area contributed by atoms with Gasteiger partial charge in [0.2, 0.25) is 0 Å². The first-order valence-corrected chi connectivity index (χ1v) is 9.32. The fourth-order valence-corrected chi connectivity index (χ4v) is 3.73. The van der Waals surface area contributed by atoms with Crippen LogP contribution in [0.1, 0.15) is 32.0 Å². The summed E-state index contributed by atoms with van der Waals surface area (Å²) < 4.78 is 1.81. The zero-order valence-corrected chi connectivity index (χ0v) is 15.7. The number of nitrogens with one attached hydrogen (secondary N) is 1. The van der Waals surface area contributed by atoms with E-state index < -0.39 is 0 Å². The van der Waals surface area contributed by atoms with Gasteiger partial charge in [-0.25, -0.2) is 4.68 Å². The van der Waals surface area contributed by atoms with E-state index in [1.165, 1.54) is 0 Å². The number of nitrogens with zero attached hydrogens (tertiary/aromatic N) is 2. The zero-order valence-electron chi connectivity index (χ0n) is 15.7. The second-order valence-electron chi connectivity index (χ2n) is 7.02. The molecule has 29 heavy (non-hydrogen) atoms. The summed E-state index contributed by atoms with van der Waals surface area (Å²) in [4.78, 5) is 25.5. The first-order chi connectivity index (χ1) is 14.1. The van der Waals surface area contributed by atoms with Crippen molar-refractivity contribution in [2.24, 2.45) is 0 Å². The SMILES string of the molecule is Cc1ccnn1-c1cccc(NC(=O)c2ccc3c(c2)C(=O)c2ccccc2-3)c1. The van der Waals surface area contributed by atoms with Crippen molar-refractivity contribution in [1.82, 2.24) is 9.78 Å². The minimum Gasteiger partial charge on any atom is -0.322 e. The molecule has 4 aromatic rings.